The molecule has 1 fully saturated rings. The lowest BCUT2D eigenvalue weighted by molar-refractivity contribution is -0.00474. The molecule has 0 saturated carbocycles. The number of para-hydroxylation sites is 1. The van der Waals surface area contributed by atoms with Crippen LogP contribution >= 0.6 is 0 Å². The molecule has 1 atom stereocenters. The highest BCUT2D eigenvalue weighted by molar-refractivity contribution is 5.95. The molecular formula is C15H21NO3. The van der Waals surface area contributed by atoms with Gasteiger partial charge in [-0.25, -0.2) is 4.79 Å². The summed E-state index contributed by atoms with van der Waals surface area (Å²) < 4.78 is 5.58. The number of aryl methyl sites for hydroxylation is 1. The normalized spacial score (nSPS) is 23.4. The van der Waals surface area contributed by atoms with E-state index in [-0.39, 0.29) is 5.60 Å². The highest BCUT2D eigenvalue weighted by Crippen LogP contribution is 2.32. The number of piperidine rings is 1. The van der Waals surface area contributed by atoms with Crippen molar-refractivity contribution in [3.8, 4) is 0 Å². The average molecular weight is 263 g/mol. The van der Waals surface area contributed by atoms with E-state index < -0.39 is 5.97 Å². The summed E-state index contributed by atoms with van der Waals surface area (Å²) in [7, 11) is 1.72. The maximum atomic E-state index is 11.4. The summed E-state index contributed by atoms with van der Waals surface area (Å²) in [6, 6.07) is 5.42. The third kappa shape index (κ3) is 2.73. The Morgan fingerprint density at radius 1 is 1.47 bits per heavy atom. The third-order valence-electron chi connectivity index (χ3n) is 3.94. The van der Waals surface area contributed by atoms with Crippen LogP contribution in [0.15, 0.2) is 18.2 Å². The van der Waals surface area contributed by atoms with Crippen LogP contribution in [0.2, 0.25) is 0 Å². The Kier molecular flexibility index (Phi) is 3.80. The maximum Gasteiger partial charge on any atom is 0.337 e. The van der Waals surface area contributed by atoms with Crippen molar-refractivity contribution in [3.05, 3.63) is 29.3 Å². The summed E-state index contributed by atoms with van der Waals surface area (Å²) in [6.45, 7) is 5.65. The minimum atomic E-state index is -0.872. The zero-order chi connectivity index (χ0) is 14.0. The first-order valence-electron chi connectivity index (χ1n) is 6.60. The minimum absolute atomic E-state index is 0.198. The van der Waals surface area contributed by atoms with Crippen molar-refractivity contribution >= 4 is 11.7 Å². The van der Waals surface area contributed by atoms with Gasteiger partial charge >= 0.3 is 5.97 Å². The number of hydrogen-bond donors (Lipinski definition) is 1. The minimum Gasteiger partial charge on any atom is -0.478 e. The molecule has 0 aliphatic carbocycles. The van der Waals surface area contributed by atoms with Crippen LogP contribution in [0.1, 0.15) is 35.7 Å². The molecule has 1 unspecified atom stereocenters. The topological polar surface area (TPSA) is 49.8 Å². The van der Waals surface area contributed by atoms with E-state index in [1.165, 1.54) is 0 Å². The van der Waals surface area contributed by atoms with Gasteiger partial charge in [0.05, 0.1) is 16.9 Å². The van der Waals surface area contributed by atoms with Gasteiger partial charge in [-0.3, -0.25) is 0 Å². The molecule has 2 rings (SSSR count). The third-order valence-corrected chi connectivity index (χ3v) is 3.94. The quantitative estimate of drug-likeness (QED) is 0.911. The van der Waals surface area contributed by atoms with Crippen molar-refractivity contribution in [2.24, 2.45) is 0 Å². The molecule has 0 radical (unpaired) electrons. The SMILES string of the molecule is COC1(C)CCCN(c2c(C)cccc2C(=O)O)C1. The van der Waals surface area contributed by atoms with E-state index in [1.807, 2.05) is 13.0 Å². The Hall–Kier alpha value is -1.55. The molecule has 1 heterocycles. The van der Waals surface area contributed by atoms with E-state index in [9.17, 15) is 9.90 Å². The molecule has 4 heteroatoms. The molecule has 1 aliphatic heterocycles. The summed E-state index contributed by atoms with van der Waals surface area (Å²) in [4.78, 5) is 13.5. The van der Waals surface area contributed by atoms with E-state index in [2.05, 4.69) is 11.8 Å². The van der Waals surface area contributed by atoms with Crippen LogP contribution in [0.4, 0.5) is 5.69 Å². The maximum absolute atomic E-state index is 11.4. The zero-order valence-electron chi connectivity index (χ0n) is 11.8. The number of benzene rings is 1. The molecule has 1 N–H and O–H groups in total. The van der Waals surface area contributed by atoms with Crippen LogP contribution in [0.25, 0.3) is 0 Å². The van der Waals surface area contributed by atoms with Gasteiger partial charge in [-0.05, 0) is 38.3 Å². The van der Waals surface area contributed by atoms with Gasteiger partial charge in [0.1, 0.15) is 0 Å². The molecule has 19 heavy (non-hydrogen) atoms. The Morgan fingerprint density at radius 3 is 2.84 bits per heavy atom. The number of hydrogen-bond acceptors (Lipinski definition) is 3. The van der Waals surface area contributed by atoms with Crippen LogP contribution in [0, 0.1) is 6.92 Å². The van der Waals surface area contributed by atoms with Crippen molar-refractivity contribution in [2.75, 3.05) is 25.1 Å². The van der Waals surface area contributed by atoms with Gasteiger partial charge in [0, 0.05) is 20.2 Å². The van der Waals surface area contributed by atoms with Crippen LogP contribution in [-0.2, 0) is 4.74 Å². The first kappa shape index (κ1) is 13.9. The predicted octanol–water partition coefficient (Wildman–Crippen LogP) is 2.70. The molecular weight excluding hydrogens is 242 g/mol. The van der Waals surface area contributed by atoms with Gasteiger partial charge in [-0.1, -0.05) is 12.1 Å². The molecule has 0 bridgehead atoms. The molecule has 0 amide bonds. The van der Waals surface area contributed by atoms with E-state index in [0.717, 1.165) is 37.2 Å². The van der Waals surface area contributed by atoms with E-state index in [4.69, 9.17) is 4.74 Å². The Bertz CT molecular complexity index is 486. The van der Waals surface area contributed by atoms with Gasteiger partial charge in [-0.15, -0.1) is 0 Å². The molecule has 1 aromatic carbocycles. The first-order chi connectivity index (χ1) is 8.97. The fourth-order valence-corrected chi connectivity index (χ4v) is 2.81. The lowest BCUT2D eigenvalue weighted by Gasteiger charge is -2.41. The number of rotatable bonds is 3. The number of carboxylic acid groups (broad SMARTS) is 1. The van der Waals surface area contributed by atoms with Crippen molar-refractivity contribution in [1.29, 1.82) is 0 Å². The van der Waals surface area contributed by atoms with E-state index in [0.29, 0.717) is 5.56 Å². The molecule has 0 aromatic heterocycles. The highest BCUT2D eigenvalue weighted by Gasteiger charge is 2.32. The van der Waals surface area contributed by atoms with Crippen molar-refractivity contribution in [2.45, 2.75) is 32.3 Å². The average Bonchev–Trinajstić information content (AvgIpc) is 2.38. The van der Waals surface area contributed by atoms with Gasteiger partial charge in [-0.2, -0.15) is 0 Å². The Morgan fingerprint density at radius 2 is 2.21 bits per heavy atom. The van der Waals surface area contributed by atoms with E-state index >= 15 is 0 Å². The van der Waals surface area contributed by atoms with E-state index in [1.54, 1.807) is 19.2 Å². The largest absolute Gasteiger partial charge is 0.478 e. The second-order valence-electron chi connectivity index (χ2n) is 5.46. The van der Waals surface area contributed by atoms with Crippen LogP contribution < -0.4 is 4.90 Å². The Balaban J connectivity index is 2.38. The zero-order valence-corrected chi connectivity index (χ0v) is 11.8. The second kappa shape index (κ2) is 5.21. The second-order valence-corrected chi connectivity index (χ2v) is 5.46. The van der Waals surface area contributed by atoms with Crippen LogP contribution in [0.5, 0.6) is 0 Å². The number of carbonyl (C=O) groups is 1. The van der Waals surface area contributed by atoms with Gasteiger partial charge in [0.2, 0.25) is 0 Å². The van der Waals surface area contributed by atoms with Gasteiger partial charge in [0.15, 0.2) is 0 Å². The standard InChI is InChI=1S/C15H21NO3/c1-11-6-4-7-12(14(17)18)13(11)16-9-5-8-15(2,10-16)19-3/h4,6-7H,5,8-10H2,1-3H3,(H,17,18). The first-order valence-corrected chi connectivity index (χ1v) is 6.60. The highest BCUT2D eigenvalue weighted by atomic mass is 16.5. The molecule has 0 spiro atoms. The summed E-state index contributed by atoms with van der Waals surface area (Å²) >= 11 is 0. The molecule has 1 saturated heterocycles. The Labute approximate surface area is 114 Å². The summed E-state index contributed by atoms with van der Waals surface area (Å²) in [6.07, 6.45) is 2.02. The fraction of sp³-hybridized carbons (Fsp3) is 0.533. The van der Waals surface area contributed by atoms with Gasteiger partial charge in [0.25, 0.3) is 0 Å². The monoisotopic (exact) mass is 263 g/mol. The number of aromatic carboxylic acids is 1. The smallest absolute Gasteiger partial charge is 0.337 e. The number of carboxylic acids is 1. The molecule has 1 aromatic rings. The van der Waals surface area contributed by atoms with Crippen molar-refractivity contribution < 1.29 is 14.6 Å². The predicted molar refractivity (Wildman–Crippen MR) is 75.0 cm³/mol. The van der Waals surface area contributed by atoms with Crippen LogP contribution in [0.3, 0.4) is 0 Å². The fourth-order valence-electron chi connectivity index (χ4n) is 2.81. The number of ether oxygens (including phenoxy) is 1. The summed E-state index contributed by atoms with van der Waals surface area (Å²) in [5.74, 6) is -0.872. The number of nitrogens with zero attached hydrogens (tertiary/aromatic N) is 1. The van der Waals surface area contributed by atoms with Crippen molar-refractivity contribution in [3.63, 3.8) is 0 Å². The number of methoxy groups -OCH3 is 1. The summed E-state index contributed by atoms with van der Waals surface area (Å²) in [5.41, 5.74) is 2.01. The van der Waals surface area contributed by atoms with Crippen molar-refractivity contribution in [1.82, 2.24) is 0 Å². The number of anilines is 1. The molecule has 1 aliphatic rings. The van der Waals surface area contributed by atoms with Gasteiger partial charge < -0.3 is 14.7 Å². The molecule has 104 valence electrons. The summed E-state index contributed by atoms with van der Waals surface area (Å²) in [5, 5.41) is 9.35. The van der Waals surface area contributed by atoms with Crippen LogP contribution in [-0.4, -0.2) is 36.9 Å². The molecule has 4 nitrogen and oxygen atoms in total. The lowest BCUT2D eigenvalue weighted by atomic mass is 9.93. The lowest BCUT2D eigenvalue weighted by Crippen LogP contribution is -2.48.